The normalized spacial score (nSPS) is 10.2. The van der Waals surface area contributed by atoms with E-state index in [4.69, 9.17) is 5.11 Å². The summed E-state index contributed by atoms with van der Waals surface area (Å²) < 4.78 is 39.6. The maximum atomic E-state index is 13.4. The highest BCUT2D eigenvalue weighted by atomic mass is 19.1. The van der Waals surface area contributed by atoms with Crippen LogP contribution in [0.4, 0.5) is 19.0 Å². The lowest BCUT2D eigenvalue weighted by molar-refractivity contribution is 0.0696. The van der Waals surface area contributed by atoms with Gasteiger partial charge in [-0.05, 0) is 12.1 Å². The summed E-state index contributed by atoms with van der Waals surface area (Å²) in [6.07, 6.45) is 1.11. The quantitative estimate of drug-likeness (QED) is 0.911. The number of rotatable bonds is 3. The maximum absolute atomic E-state index is 13.4. The van der Waals surface area contributed by atoms with Gasteiger partial charge in [-0.15, -0.1) is 0 Å². The standard InChI is InChI=1S/C13H7F3N2O3/c14-7-4-8(15)11(9(16)5-7)12(19)18-10-3-6(13(20)21)1-2-17-10/h1-5H,(H,20,21)(H,17,18,19). The summed E-state index contributed by atoms with van der Waals surface area (Å²) in [6, 6.07) is 2.91. The van der Waals surface area contributed by atoms with Crippen LogP contribution in [0.1, 0.15) is 20.7 Å². The fourth-order valence-electron chi connectivity index (χ4n) is 1.57. The van der Waals surface area contributed by atoms with Crippen molar-refractivity contribution in [3.05, 3.63) is 59.0 Å². The van der Waals surface area contributed by atoms with Crippen molar-refractivity contribution >= 4 is 17.7 Å². The minimum atomic E-state index is -1.38. The first-order valence-electron chi connectivity index (χ1n) is 5.53. The van der Waals surface area contributed by atoms with Crippen LogP contribution in [0.3, 0.4) is 0 Å². The zero-order valence-electron chi connectivity index (χ0n) is 10.2. The molecule has 0 bridgehead atoms. The zero-order valence-corrected chi connectivity index (χ0v) is 10.2. The Morgan fingerprint density at radius 2 is 1.71 bits per heavy atom. The number of hydrogen-bond donors (Lipinski definition) is 2. The van der Waals surface area contributed by atoms with Crippen molar-refractivity contribution in [3.63, 3.8) is 0 Å². The number of aromatic carboxylic acids is 1. The number of nitrogens with zero attached hydrogens (tertiary/aromatic N) is 1. The van der Waals surface area contributed by atoms with Crippen LogP contribution in [0.2, 0.25) is 0 Å². The fourth-order valence-corrected chi connectivity index (χ4v) is 1.57. The van der Waals surface area contributed by atoms with Crippen molar-refractivity contribution in [2.75, 3.05) is 5.32 Å². The van der Waals surface area contributed by atoms with Crippen LogP contribution in [0, 0.1) is 17.5 Å². The summed E-state index contributed by atoms with van der Waals surface area (Å²) in [4.78, 5) is 26.1. The van der Waals surface area contributed by atoms with E-state index < -0.39 is 34.9 Å². The van der Waals surface area contributed by atoms with Crippen LogP contribution < -0.4 is 5.32 Å². The minimum Gasteiger partial charge on any atom is -0.478 e. The molecule has 8 heteroatoms. The van der Waals surface area contributed by atoms with Crippen molar-refractivity contribution in [1.29, 1.82) is 0 Å². The van der Waals surface area contributed by atoms with Crippen molar-refractivity contribution in [1.82, 2.24) is 4.98 Å². The highest BCUT2D eigenvalue weighted by molar-refractivity contribution is 6.04. The number of hydrogen-bond acceptors (Lipinski definition) is 3. The van der Waals surface area contributed by atoms with E-state index in [2.05, 4.69) is 4.98 Å². The number of carboxylic acid groups (broad SMARTS) is 1. The molecule has 0 saturated carbocycles. The van der Waals surface area contributed by atoms with Gasteiger partial charge in [0.2, 0.25) is 0 Å². The fraction of sp³-hybridized carbons (Fsp3) is 0. The summed E-state index contributed by atoms with van der Waals surface area (Å²) in [7, 11) is 0. The topological polar surface area (TPSA) is 79.3 Å². The number of halogens is 3. The Hall–Kier alpha value is -2.90. The number of benzene rings is 1. The molecule has 0 unspecified atom stereocenters. The molecule has 1 heterocycles. The summed E-state index contributed by atoms with van der Waals surface area (Å²) in [5.41, 5.74) is -1.15. The van der Waals surface area contributed by atoms with Gasteiger partial charge in [0.05, 0.1) is 5.56 Å². The van der Waals surface area contributed by atoms with Gasteiger partial charge >= 0.3 is 5.97 Å². The molecule has 0 spiro atoms. The van der Waals surface area contributed by atoms with E-state index in [1.807, 2.05) is 5.32 Å². The molecule has 1 aromatic carbocycles. The van der Waals surface area contributed by atoms with E-state index in [1.54, 1.807) is 0 Å². The van der Waals surface area contributed by atoms with Crippen LogP contribution in [-0.2, 0) is 0 Å². The van der Waals surface area contributed by atoms with Crippen molar-refractivity contribution in [2.45, 2.75) is 0 Å². The van der Waals surface area contributed by atoms with E-state index in [0.717, 1.165) is 12.3 Å². The molecule has 0 aliphatic heterocycles. The van der Waals surface area contributed by atoms with Gasteiger partial charge in [0.15, 0.2) is 0 Å². The lowest BCUT2D eigenvalue weighted by atomic mass is 10.1. The van der Waals surface area contributed by atoms with E-state index >= 15 is 0 Å². The third kappa shape index (κ3) is 3.16. The van der Waals surface area contributed by atoms with E-state index in [9.17, 15) is 22.8 Å². The third-order valence-corrected chi connectivity index (χ3v) is 2.48. The second kappa shape index (κ2) is 5.61. The molecule has 0 saturated heterocycles. The predicted octanol–water partition coefficient (Wildman–Crippen LogP) is 2.45. The summed E-state index contributed by atoms with van der Waals surface area (Å²) in [5, 5.41) is 10.8. The molecule has 108 valence electrons. The average molecular weight is 296 g/mol. The molecule has 5 nitrogen and oxygen atoms in total. The monoisotopic (exact) mass is 296 g/mol. The minimum absolute atomic E-state index is 0.166. The molecule has 21 heavy (non-hydrogen) atoms. The summed E-state index contributed by atoms with van der Waals surface area (Å²) in [6.45, 7) is 0. The smallest absolute Gasteiger partial charge is 0.335 e. The molecule has 1 amide bonds. The van der Waals surface area contributed by atoms with Gasteiger partial charge in [-0.1, -0.05) is 0 Å². The van der Waals surface area contributed by atoms with Crippen LogP contribution in [0.15, 0.2) is 30.5 Å². The molecule has 2 N–H and O–H groups in total. The Bertz CT molecular complexity index is 711. The second-order valence-electron chi connectivity index (χ2n) is 3.93. The molecule has 2 rings (SSSR count). The highest BCUT2D eigenvalue weighted by Gasteiger charge is 2.19. The van der Waals surface area contributed by atoms with Crippen LogP contribution in [-0.4, -0.2) is 22.0 Å². The largest absolute Gasteiger partial charge is 0.478 e. The molecule has 0 aliphatic carbocycles. The number of amides is 1. The first-order chi connectivity index (χ1) is 9.88. The summed E-state index contributed by atoms with van der Waals surface area (Å²) in [5.74, 6) is -6.58. The van der Waals surface area contributed by atoms with Gasteiger partial charge in [0.25, 0.3) is 5.91 Å². The van der Waals surface area contributed by atoms with Crippen molar-refractivity contribution < 1.29 is 27.9 Å². The molecule has 1 aromatic heterocycles. The number of nitrogens with one attached hydrogen (secondary N) is 1. The predicted molar refractivity (Wildman–Crippen MR) is 65.5 cm³/mol. The number of carboxylic acids is 1. The lowest BCUT2D eigenvalue weighted by Crippen LogP contribution is -2.17. The number of pyridine rings is 1. The van der Waals surface area contributed by atoms with E-state index in [0.29, 0.717) is 12.1 Å². The molecule has 0 aliphatic rings. The van der Waals surface area contributed by atoms with Crippen LogP contribution in [0.5, 0.6) is 0 Å². The number of carbonyl (C=O) groups excluding carboxylic acids is 1. The van der Waals surface area contributed by atoms with Gasteiger partial charge in [-0.2, -0.15) is 0 Å². The van der Waals surface area contributed by atoms with Gasteiger partial charge in [0, 0.05) is 18.3 Å². The Morgan fingerprint density at radius 3 is 2.29 bits per heavy atom. The molecule has 0 atom stereocenters. The highest BCUT2D eigenvalue weighted by Crippen LogP contribution is 2.16. The SMILES string of the molecule is O=C(O)c1ccnc(NC(=O)c2c(F)cc(F)cc2F)c1. The Kier molecular flexibility index (Phi) is 3.88. The molecule has 2 aromatic rings. The third-order valence-electron chi connectivity index (χ3n) is 2.48. The second-order valence-corrected chi connectivity index (χ2v) is 3.93. The summed E-state index contributed by atoms with van der Waals surface area (Å²) >= 11 is 0. The number of anilines is 1. The Labute approximate surface area is 116 Å². The Balaban J connectivity index is 2.30. The lowest BCUT2D eigenvalue weighted by Gasteiger charge is -2.07. The average Bonchev–Trinajstić information content (AvgIpc) is 2.37. The maximum Gasteiger partial charge on any atom is 0.335 e. The van der Waals surface area contributed by atoms with Gasteiger partial charge in [-0.3, -0.25) is 4.79 Å². The molecule has 0 radical (unpaired) electrons. The Morgan fingerprint density at radius 1 is 1.10 bits per heavy atom. The number of aromatic nitrogens is 1. The van der Waals surface area contributed by atoms with Crippen LogP contribution in [0.25, 0.3) is 0 Å². The zero-order chi connectivity index (χ0) is 15.6. The van der Waals surface area contributed by atoms with Crippen molar-refractivity contribution in [2.24, 2.45) is 0 Å². The van der Waals surface area contributed by atoms with E-state index in [-0.39, 0.29) is 11.4 Å². The van der Waals surface area contributed by atoms with Gasteiger partial charge in [0.1, 0.15) is 28.8 Å². The van der Waals surface area contributed by atoms with Crippen LogP contribution >= 0.6 is 0 Å². The first-order valence-corrected chi connectivity index (χ1v) is 5.53. The van der Waals surface area contributed by atoms with E-state index in [1.165, 1.54) is 6.07 Å². The first kappa shape index (κ1) is 14.5. The molecule has 0 fully saturated rings. The van der Waals surface area contributed by atoms with Gasteiger partial charge in [-0.25, -0.2) is 22.9 Å². The van der Waals surface area contributed by atoms with Gasteiger partial charge < -0.3 is 10.4 Å². The van der Waals surface area contributed by atoms with Crippen molar-refractivity contribution in [3.8, 4) is 0 Å². The molecular formula is C13H7F3N2O3. The molecular weight excluding hydrogens is 289 g/mol. The number of carbonyl (C=O) groups is 2.